The van der Waals surface area contributed by atoms with E-state index in [2.05, 4.69) is 15.1 Å². The number of amides is 2. The van der Waals surface area contributed by atoms with Crippen molar-refractivity contribution in [3.8, 4) is 22.4 Å². The zero-order valence-corrected chi connectivity index (χ0v) is 21.0. The summed E-state index contributed by atoms with van der Waals surface area (Å²) in [6, 6.07) is 6.42. The van der Waals surface area contributed by atoms with Crippen LogP contribution in [-0.2, 0) is 16.6 Å². The Kier molecular flexibility index (Phi) is 5.93. The molecule has 0 spiro atoms. The molecule has 1 saturated heterocycles. The molecule has 0 unspecified atom stereocenters. The van der Waals surface area contributed by atoms with Gasteiger partial charge in [0.25, 0.3) is 5.91 Å². The van der Waals surface area contributed by atoms with Gasteiger partial charge in [-0.25, -0.2) is 9.38 Å². The van der Waals surface area contributed by atoms with Gasteiger partial charge in [-0.3, -0.25) is 19.7 Å². The van der Waals surface area contributed by atoms with Gasteiger partial charge < -0.3 is 20.5 Å². The lowest BCUT2D eigenvalue weighted by Crippen LogP contribution is -2.65. The first-order valence-corrected chi connectivity index (χ1v) is 12.1. The summed E-state index contributed by atoms with van der Waals surface area (Å²) in [7, 11) is 1.80. The van der Waals surface area contributed by atoms with E-state index in [0.717, 1.165) is 30.3 Å². The van der Waals surface area contributed by atoms with Gasteiger partial charge in [0.2, 0.25) is 5.91 Å². The quantitative estimate of drug-likeness (QED) is 0.351. The number of hydrogen-bond acceptors (Lipinski definition) is 4. The number of benzene rings is 1. The topological polar surface area (TPSA) is 136 Å². The van der Waals surface area contributed by atoms with E-state index in [9.17, 15) is 9.59 Å². The third-order valence-electron chi connectivity index (χ3n) is 7.02. The maximum Gasteiger partial charge on any atom is 0.252 e. The minimum Gasteiger partial charge on any atom is -0.382 e. The number of nitrogens with two attached hydrogens (primary N) is 1. The van der Waals surface area contributed by atoms with Gasteiger partial charge >= 0.3 is 0 Å². The molecule has 0 radical (unpaired) electrons. The number of anilines is 1. The summed E-state index contributed by atoms with van der Waals surface area (Å²) in [5.74, 6) is -0.735. The van der Waals surface area contributed by atoms with Crippen molar-refractivity contribution in [2.45, 2.75) is 32.2 Å². The molecule has 11 heteroatoms. The molecule has 0 bridgehead atoms. The zero-order valence-electron chi connectivity index (χ0n) is 21.0. The van der Waals surface area contributed by atoms with E-state index in [0.29, 0.717) is 23.5 Å². The van der Waals surface area contributed by atoms with Crippen LogP contribution in [0.1, 0.15) is 32.4 Å². The van der Waals surface area contributed by atoms with Gasteiger partial charge in [-0.1, -0.05) is 0 Å². The van der Waals surface area contributed by atoms with E-state index in [1.807, 2.05) is 12.3 Å². The minimum atomic E-state index is -1.08. The van der Waals surface area contributed by atoms with Gasteiger partial charge in [-0.15, -0.1) is 0 Å². The lowest BCUT2D eigenvalue weighted by atomic mass is 9.95. The molecule has 2 aromatic heterocycles. The van der Waals surface area contributed by atoms with Gasteiger partial charge in [-0.2, -0.15) is 5.10 Å². The van der Waals surface area contributed by atoms with Crippen molar-refractivity contribution < 1.29 is 14.0 Å². The van der Waals surface area contributed by atoms with Crippen molar-refractivity contribution in [3.05, 3.63) is 48.2 Å². The second-order valence-corrected chi connectivity index (χ2v) is 9.96. The van der Waals surface area contributed by atoms with Crippen LogP contribution in [-0.4, -0.2) is 62.3 Å². The van der Waals surface area contributed by atoms with Crippen molar-refractivity contribution in [1.82, 2.24) is 19.7 Å². The zero-order chi connectivity index (χ0) is 26.5. The molecule has 2 aliphatic rings. The molecule has 10 nitrogen and oxygen atoms in total. The van der Waals surface area contributed by atoms with Gasteiger partial charge in [0, 0.05) is 54.6 Å². The molecule has 1 aliphatic carbocycles. The summed E-state index contributed by atoms with van der Waals surface area (Å²) in [6.45, 7) is 3.97. The fraction of sp³-hybridized carbons (Fsp3) is 0.346. The third kappa shape index (κ3) is 4.30. The highest BCUT2D eigenvalue weighted by atomic mass is 19.1. The second kappa shape index (κ2) is 8.99. The number of aliphatic imine (C=N–C) groups is 1. The van der Waals surface area contributed by atoms with Gasteiger partial charge in [0.05, 0.1) is 17.6 Å². The highest BCUT2D eigenvalue weighted by molar-refractivity contribution is 6.06. The van der Waals surface area contributed by atoms with Gasteiger partial charge in [-0.05, 0) is 51.0 Å². The Bertz CT molecular complexity index is 1430. The number of halogens is 1. The van der Waals surface area contributed by atoms with E-state index in [1.54, 1.807) is 48.8 Å². The standard InChI is InChI=1S/C26H29FN8O2/c1-26(2)25(37)34(8-9-35(26)24(36)15-4-5-15)21-10-16(6-7-19(21)27)20-11-18(17-12-31-33(3)13-17)22(32-20)23(29)30-14-28/h6-7,10-15,32H,4-5,8-9H2,1-3H3,(H3,28,29,30). The van der Waals surface area contributed by atoms with Gasteiger partial charge in [0.15, 0.2) is 0 Å². The Morgan fingerprint density at radius 2 is 2.03 bits per heavy atom. The normalized spacial score (nSPS) is 17.8. The van der Waals surface area contributed by atoms with Crippen LogP contribution >= 0.6 is 0 Å². The first-order valence-electron chi connectivity index (χ1n) is 12.1. The van der Waals surface area contributed by atoms with Crippen molar-refractivity contribution in [2.75, 3.05) is 18.0 Å². The predicted octanol–water partition coefficient (Wildman–Crippen LogP) is 2.90. The lowest BCUT2D eigenvalue weighted by Gasteiger charge is -2.46. The van der Waals surface area contributed by atoms with E-state index < -0.39 is 11.4 Å². The summed E-state index contributed by atoms with van der Waals surface area (Å²) in [5.41, 5.74) is 8.47. The van der Waals surface area contributed by atoms with Crippen LogP contribution in [0.3, 0.4) is 0 Å². The largest absolute Gasteiger partial charge is 0.382 e. The SMILES string of the molecule is Cn1cc(-c2cc(-c3ccc(F)c(N4CCN(C(=O)C5CC5)C(C)(C)C4=O)c3)[nH]c2/C(N)=N\C=N)cn1. The first kappa shape index (κ1) is 24.4. The van der Waals surface area contributed by atoms with Crippen molar-refractivity contribution in [3.63, 3.8) is 0 Å². The third-order valence-corrected chi connectivity index (χ3v) is 7.02. The molecule has 4 N–H and O–H groups in total. The smallest absolute Gasteiger partial charge is 0.252 e. The Balaban J connectivity index is 1.52. The van der Waals surface area contributed by atoms with Crippen molar-refractivity contribution in [1.29, 1.82) is 5.41 Å². The highest BCUT2D eigenvalue weighted by Crippen LogP contribution is 2.37. The van der Waals surface area contributed by atoms with Crippen LogP contribution in [0.5, 0.6) is 0 Å². The fourth-order valence-electron chi connectivity index (χ4n) is 4.81. The number of piperazine rings is 1. The number of amidine groups is 1. The highest BCUT2D eigenvalue weighted by Gasteiger charge is 2.48. The molecule has 1 saturated carbocycles. The number of carbonyl (C=O) groups is 2. The molecule has 3 heterocycles. The minimum absolute atomic E-state index is 0.00148. The predicted molar refractivity (Wildman–Crippen MR) is 139 cm³/mol. The Morgan fingerprint density at radius 3 is 2.68 bits per heavy atom. The molecule has 192 valence electrons. The summed E-state index contributed by atoms with van der Waals surface area (Å²) < 4.78 is 16.8. The van der Waals surface area contributed by atoms with Crippen molar-refractivity contribution in [2.24, 2.45) is 23.7 Å². The molecular weight excluding hydrogens is 475 g/mol. The number of rotatable bonds is 6. The molecule has 1 aromatic carbocycles. The maximum atomic E-state index is 15.1. The average molecular weight is 505 g/mol. The molecule has 1 aliphatic heterocycles. The maximum absolute atomic E-state index is 15.1. The Labute approximate surface area is 213 Å². The number of aromatic amines is 1. The van der Waals surface area contributed by atoms with E-state index in [1.165, 1.54) is 11.0 Å². The Hall–Kier alpha value is -4.28. The van der Waals surface area contributed by atoms with Crippen LogP contribution in [0.2, 0.25) is 0 Å². The van der Waals surface area contributed by atoms with Crippen LogP contribution in [0.4, 0.5) is 10.1 Å². The van der Waals surface area contributed by atoms with E-state index in [-0.39, 0.29) is 35.8 Å². The molecule has 2 amide bonds. The number of aryl methyl sites for hydroxylation is 1. The molecular formula is C26H29FN8O2. The number of hydrogen-bond donors (Lipinski definition) is 3. The van der Waals surface area contributed by atoms with Crippen LogP contribution in [0.25, 0.3) is 22.4 Å². The average Bonchev–Trinajstić information content (AvgIpc) is 3.47. The number of H-pyrrole nitrogens is 1. The summed E-state index contributed by atoms with van der Waals surface area (Å²) in [5, 5.41) is 11.5. The Morgan fingerprint density at radius 1 is 1.27 bits per heavy atom. The monoisotopic (exact) mass is 504 g/mol. The van der Waals surface area contributed by atoms with Crippen LogP contribution in [0.15, 0.2) is 41.7 Å². The van der Waals surface area contributed by atoms with E-state index >= 15 is 4.39 Å². The number of carbonyl (C=O) groups excluding carboxylic acids is 2. The molecule has 0 atom stereocenters. The molecule has 5 rings (SSSR count). The number of nitrogens with one attached hydrogen (secondary N) is 2. The fourth-order valence-corrected chi connectivity index (χ4v) is 4.81. The van der Waals surface area contributed by atoms with E-state index in [4.69, 9.17) is 11.1 Å². The summed E-state index contributed by atoms with van der Waals surface area (Å²) in [4.78, 5) is 36.5. The summed E-state index contributed by atoms with van der Waals surface area (Å²) in [6.07, 6.45) is 6.09. The van der Waals surface area contributed by atoms with Crippen LogP contribution in [0, 0.1) is 17.1 Å². The molecule has 3 aromatic rings. The van der Waals surface area contributed by atoms with Crippen molar-refractivity contribution >= 4 is 29.7 Å². The molecule has 2 fully saturated rings. The molecule has 37 heavy (non-hydrogen) atoms. The number of aromatic nitrogens is 3. The summed E-state index contributed by atoms with van der Waals surface area (Å²) >= 11 is 0. The van der Waals surface area contributed by atoms with Crippen LogP contribution < -0.4 is 10.6 Å². The van der Waals surface area contributed by atoms with Gasteiger partial charge in [0.1, 0.15) is 23.5 Å². The number of nitrogens with zero attached hydrogens (tertiary/aromatic N) is 5. The second-order valence-electron chi connectivity index (χ2n) is 9.96. The first-order chi connectivity index (χ1) is 17.6. The lowest BCUT2D eigenvalue weighted by molar-refractivity contribution is -0.148.